The molecule has 0 saturated carbocycles. The first-order chi connectivity index (χ1) is 18.1. The molecule has 0 aliphatic carbocycles. The van der Waals surface area contributed by atoms with Gasteiger partial charge in [0.15, 0.2) is 0 Å². The van der Waals surface area contributed by atoms with Gasteiger partial charge < -0.3 is 4.74 Å². The summed E-state index contributed by atoms with van der Waals surface area (Å²) in [5.41, 5.74) is 2.41. The van der Waals surface area contributed by atoms with Crippen LogP contribution in [-0.2, 0) is 12.8 Å². The molecule has 0 atom stereocenters. The number of halogens is 1. The lowest BCUT2D eigenvalue weighted by Gasteiger charge is -2.08. The van der Waals surface area contributed by atoms with Crippen molar-refractivity contribution >= 4 is 17.3 Å². The van der Waals surface area contributed by atoms with Crippen LogP contribution in [0.5, 0.6) is 5.75 Å². The Kier molecular flexibility index (Phi) is 12.9. The van der Waals surface area contributed by atoms with Crippen LogP contribution in [0.4, 0.5) is 4.39 Å². The number of thiophene rings is 1. The molecule has 0 unspecified atom stereocenters. The Hall–Kier alpha value is -2.46. The summed E-state index contributed by atoms with van der Waals surface area (Å²) in [6.07, 6.45) is 17.1. The Morgan fingerprint density at radius 1 is 0.730 bits per heavy atom. The topological polar surface area (TPSA) is 26.3 Å². The molecule has 0 spiro atoms. The molecular formula is C33H43FO2S. The molecule has 0 bridgehead atoms. The van der Waals surface area contributed by atoms with Crippen molar-refractivity contribution in [3.63, 3.8) is 0 Å². The third-order valence-corrected chi connectivity index (χ3v) is 7.99. The van der Waals surface area contributed by atoms with Crippen LogP contribution in [0.3, 0.4) is 0 Å². The van der Waals surface area contributed by atoms with E-state index in [1.165, 1.54) is 80.4 Å². The molecule has 1 heterocycles. The maximum absolute atomic E-state index is 14.9. The molecule has 2 aromatic carbocycles. The van der Waals surface area contributed by atoms with E-state index in [0.29, 0.717) is 16.2 Å². The summed E-state index contributed by atoms with van der Waals surface area (Å²) in [6.45, 7) is 4.44. The molecule has 200 valence electrons. The fourth-order valence-corrected chi connectivity index (χ4v) is 5.55. The molecule has 2 nitrogen and oxygen atoms in total. The molecule has 0 N–H and O–H groups in total. The minimum absolute atomic E-state index is 0.202. The second kappa shape index (κ2) is 16.4. The lowest BCUT2D eigenvalue weighted by Crippen LogP contribution is -2.06. The normalized spacial score (nSPS) is 11.1. The van der Waals surface area contributed by atoms with Gasteiger partial charge >= 0.3 is 5.97 Å². The van der Waals surface area contributed by atoms with Crippen molar-refractivity contribution in [3.8, 4) is 16.9 Å². The molecule has 1 aromatic heterocycles. The number of aryl methyl sites for hydroxylation is 2. The standard InChI is InChI=1S/C33H43FO2S/c1-3-5-7-8-9-10-11-12-14-15-26-17-23-30(31(34)25-26)27-18-20-28(21-19-27)36-33(35)32-24-22-29(37-32)16-13-6-4-2/h17-25H,3-16H2,1-2H3. The highest BCUT2D eigenvalue weighted by molar-refractivity contribution is 7.13. The first-order valence-electron chi connectivity index (χ1n) is 14.3. The SMILES string of the molecule is CCCCCCCCCCCc1ccc(-c2ccc(OC(=O)c3ccc(CCCCC)s3)cc2)c(F)c1. The predicted molar refractivity (Wildman–Crippen MR) is 155 cm³/mol. The van der Waals surface area contributed by atoms with Gasteiger partial charge in [-0.2, -0.15) is 0 Å². The maximum Gasteiger partial charge on any atom is 0.353 e. The fraction of sp³-hybridized carbons (Fsp3) is 0.485. The summed E-state index contributed by atoms with van der Waals surface area (Å²) < 4.78 is 20.4. The molecule has 3 aromatic rings. The Morgan fingerprint density at radius 2 is 1.35 bits per heavy atom. The third kappa shape index (κ3) is 10.1. The van der Waals surface area contributed by atoms with Crippen molar-refractivity contribution in [3.05, 3.63) is 75.7 Å². The van der Waals surface area contributed by atoms with Crippen LogP contribution in [0.1, 0.15) is 111 Å². The van der Waals surface area contributed by atoms with E-state index in [2.05, 4.69) is 13.8 Å². The summed E-state index contributed by atoms with van der Waals surface area (Å²) >= 11 is 1.50. The van der Waals surface area contributed by atoms with Gasteiger partial charge in [0.25, 0.3) is 0 Å². The summed E-state index contributed by atoms with van der Waals surface area (Å²) in [4.78, 5) is 14.4. The second-order valence-corrected chi connectivity index (χ2v) is 11.2. The number of carbonyl (C=O) groups is 1. The van der Waals surface area contributed by atoms with Crippen molar-refractivity contribution in [2.75, 3.05) is 0 Å². The van der Waals surface area contributed by atoms with Crippen molar-refractivity contribution in [2.24, 2.45) is 0 Å². The van der Waals surface area contributed by atoms with Crippen molar-refractivity contribution < 1.29 is 13.9 Å². The number of ether oxygens (including phenoxy) is 1. The van der Waals surface area contributed by atoms with Gasteiger partial charge in [0.1, 0.15) is 16.4 Å². The number of hydrogen-bond donors (Lipinski definition) is 0. The second-order valence-electron chi connectivity index (χ2n) is 10.0. The Bertz CT molecular complexity index is 1070. The number of unbranched alkanes of at least 4 members (excludes halogenated alkanes) is 10. The first kappa shape index (κ1) is 29.1. The van der Waals surface area contributed by atoms with Crippen LogP contribution in [0, 0.1) is 5.82 Å². The number of carbonyl (C=O) groups excluding carboxylic acids is 1. The van der Waals surface area contributed by atoms with Crippen LogP contribution >= 0.6 is 11.3 Å². The van der Waals surface area contributed by atoms with Gasteiger partial charge in [0, 0.05) is 10.4 Å². The molecule has 0 radical (unpaired) electrons. The van der Waals surface area contributed by atoms with E-state index in [9.17, 15) is 9.18 Å². The zero-order valence-corrected chi connectivity index (χ0v) is 23.5. The van der Waals surface area contributed by atoms with Crippen LogP contribution in [0.2, 0.25) is 0 Å². The minimum atomic E-state index is -0.341. The minimum Gasteiger partial charge on any atom is -0.422 e. The van der Waals surface area contributed by atoms with Crippen LogP contribution in [0.15, 0.2) is 54.6 Å². The Labute approximate surface area is 227 Å². The Morgan fingerprint density at radius 3 is 2.03 bits per heavy atom. The third-order valence-electron chi connectivity index (χ3n) is 6.87. The molecule has 0 aliphatic rings. The van der Waals surface area contributed by atoms with E-state index in [-0.39, 0.29) is 11.8 Å². The molecule has 0 amide bonds. The highest BCUT2D eigenvalue weighted by atomic mass is 32.1. The average Bonchev–Trinajstić information content (AvgIpc) is 3.38. The number of hydrogen-bond acceptors (Lipinski definition) is 3. The molecule has 0 aliphatic heterocycles. The van der Waals surface area contributed by atoms with Gasteiger partial charge in [-0.25, -0.2) is 9.18 Å². The van der Waals surface area contributed by atoms with Crippen molar-refractivity contribution in [1.82, 2.24) is 0 Å². The highest BCUT2D eigenvalue weighted by Crippen LogP contribution is 2.27. The monoisotopic (exact) mass is 522 g/mol. The van der Waals surface area contributed by atoms with E-state index < -0.39 is 0 Å². The number of esters is 1. The Balaban J connectivity index is 1.45. The van der Waals surface area contributed by atoms with E-state index in [0.717, 1.165) is 36.8 Å². The quantitative estimate of drug-likeness (QED) is 0.100. The number of rotatable bonds is 17. The van der Waals surface area contributed by atoms with E-state index in [4.69, 9.17) is 4.74 Å². The van der Waals surface area contributed by atoms with E-state index in [1.54, 1.807) is 18.2 Å². The molecular weight excluding hydrogens is 479 g/mol. The van der Waals surface area contributed by atoms with Crippen LogP contribution in [-0.4, -0.2) is 5.97 Å². The first-order valence-corrected chi connectivity index (χ1v) is 15.1. The molecule has 0 saturated heterocycles. The van der Waals surface area contributed by atoms with Crippen molar-refractivity contribution in [1.29, 1.82) is 0 Å². The lowest BCUT2D eigenvalue weighted by molar-refractivity contribution is 0.0740. The summed E-state index contributed by atoms with van der Waals surface area (Å²) in [7, 11) is 0. The number of benzene rings is 2. The van der Waals surface area contributed by atoms with Gasteiger partial charge in [-0.1, -0.05) is 102 Å². The van der Waals surface area contributed by atoms with E-state index >= 15 is 0 Å². The molecule has 4 heteroatoms. The van der Waals surface area contributed by atoms with Crippen LogP contribution in [0.25, 0.3) is 11.1 Å². The summed E-state index contributed by atoms with van der Waals surface area (Å²) in [5, 5.41) is 0. The lowest BCUT2D eigenvalue weighted by atomic mass is 10.00. The highest BCUT2D eigenvalue weighted by Gasteiger charge is 2.13. The smallest absolute Gasteiger partial charge is 0.353 e. The van der Waals surface area contributed by atoms with E-state index in [1.807, 2.05) is 36.4 Å². The average molecular weight is 523 g/mol. The predicted octanol–water partition coefficient (Wildman–Crippen LogP) is 10.6. The van der Waals surface area contributed by atoms with Gasteiger partial charge in [-0.05, 0) is 67.1 Å². The molecule has 37 heavy (non-hydrogen) atoms. The summed E-state index contributed by atoms with van der Waals surface area (Å²) in [5.74, 6) is -0.0732. The van der Waals surface area contributed by atoms with Crippen LogP contribution < -0.4 is 4.74 Å². The zero-order chi connectivity index (χ0) is 26.3. The van der Waals surface area contributed by atoms with Gasteiger partial charge in [0.2, 0.25) is 0 Å². The van der Waals surface area contributed by atoms with Gasteiger partial charge in [-0.3, -0.25) is 0 Å². The molecule has 0 fully saturated rings. The summed E-state index contributed by atoms with van der Waals surface area (Å²) in [6, 6.07) is 16.5. The van der Waals surface area contributed by atoms with Gasteiger partial charge in [-0.15, -0.1) is 11.3 Å². The fourth-order valence-electron chi connectivity index (χ4n) is 4.62. The van der Waals surface area contributed by atoms with Crippen molar-refractivity contribution in [2.45, 2.75) is 104 Å². The largest absolute Gasteiger partial charge is 0.422 e. The zero-order valence-electron chi connectivity index (χ0n) is 22.7. The molecule has 3 rings (SSSR count). The maximum atomic E-state index is 14.9. The van der Waals surface area contributed by atoms with Gasteiger partial charge in [0.05, 0.1) is 0 Å².